The van der Waals surface area contributed by atoms with Gasteiger partial charge in [-0.15, -0.1) is 0 Å². The van der Waals surface area contributed by atoms with E-state index < -0.39 is 0 Å². The van der Waals surface area contributed by atoms with Gasteiger partial charge in [0.05, 0.1) is 16.8 Å². The van der Waals surface area contributed by atoms with Crippen molar-refractivity contribution in [2.45, 2.75) is 63.8 Å². The molecule has 2 N–H and O–H groups in total. The van der Waals surface area contributed by atoms with Gasteiger partial charge in [-0.05, 0) is 56.3 Å². The highest BCUT2D eigenvalue weighted by molar-refractivity contribution is 6.33. The van der Waals surface area contributed by atoms with E-state index in [9.17, 15) is 5.11 Å². The van der Waals surface area contributed by atoms with E-state index >= 15 is 0 Å². The molecule has 0 spiro atoms. The van der Waals surface area contributed by atoms with Crippen molar-refractivity contribution in [3.63, 3.8) is 0 Å². The van der Waals surface area contributed by atoms with Crippen LogP contribution in [0.4, 0.5) is 5.69 Å². The van der Waals surface area contributed by atoms with E-state index in [1.54, 1.807) is 0 Å². The smallest absolute Gasteiger partial charge is 0.0642 e. The summed E-state index contributed by atoms with van der Waals surface area (Å²) in [5.74, 6) is 0. The molecule has 2 saturated heterocycles. The molecule has 0 aromatic heterocycles. The first-order chi connectivity index (χ1) is 10.2. The summed E-state index contributed by atoms with van der Waals surface area (Å²) in [5.41, 5.74) is 2.39. The highest BCUT2D eigenvalue weighted by atomic mass is 35.5. The number of hydrogen-bond acceptors (Lipinski definition) is 3. The van der Waals surface area contributed by atoms with Gasteiger partial charge in [0.15, 0.2) is 0 Å². The number of nitrogens with zero attached hydrogens (tertiary/aromatic N) is 1. The molecule has 21 heavy (non-hydrogen) atoms. The molecule has 2 aliphatic heterocycles. The second-order valence-electron chi connectivity index (χ2n) is 6.38. The Kier molecular flexibility index (Phi) is 4.72. The Morgan fingerprint density at radius 3 is 2.62 bits per heavy atom. The first kappa shape index (κ1) is 15.1. The van der Waals surface area contributed by atoms with Crippen molar-refractivity contribution in [3.05, 3.63) is 28.8 Å². The fraction of sp³-hybridized carbons (Fsp3) is 0.647. The molecule has 3 rings (SSSR count). The molecule has 4 heteroatoms. The lowest BCUT2D eigenvalue weighted by molar-refractivity contribution is 0.126. The Labute approximate surface area is 132 Å². The number of halogens is 1. The Balaban J connectivity index is 1.74. The molecule has 0 radical (unpaired) electrons. The second kappa shape index (κ2) is 6.55. The number of hydrogen-bond donors (Lipinski definition) is 2. The molecule has 3 nitrogen and oxygen atoms in total. The van der Waals surface area contributed by atoms with Crippen LogP contribution in [0, 0.1) is 0 Å². The van der Waals surface area contributed by atoms with Crippen molar-refractivity contribution in [2.24, 2.45) is 0 Å². The molecule has 0 amide bonds. The van der Waals surface area contributed by atoms with Crippen LogP contribution >= 0.6 is 11.6 Å². The maximum atomic E-state index is 9.92. The van der Waals surface area contributed by atoms with Crippen molar-refractivity contribution < 1.29 is 5.11 Å². The Morgan fingerprint density at radius 1 is 1.29 bits per heavy atom. The molecule has 2 heterocycles. The SMILES string of the molecule is CCCNCc1ccc(N2C3CCC2CC(O)C3)c(Cl)c1. The lowest BCUT2D eigenvalue weighted by Crippen LogP contribution is -2.44. The molecular weight excluding hydrogens is 284 g/mol. The van der Waals surface area contributed by atoms with Gasteiger partial charge >= 0.3 is 0 Å². The van der Waals surface area contributed by atoms with Gasteiger partial charge in [0.25, 0.3) is 0 Å². The zero-order valence-corrected chi connectivity index (χ0v) is 13.4. The summed E-state index contributed by atoms with van der Waals surface area (Å²) in [4.78, 5) is 2.46. The summed E-state index contributed by atoms with van der Waals surface area (Å²) in [6, 6.07) is 7.34. The van der Waals surface area contributed by atoms with Gasteiger partial charge in [-0.25, -0.2) is 0 Å². The molecule has 116 valence electrons. The van der Waals surface area contributed by atoms with E-state index in [4.69, 9.17) is 11.6 Å². The van der Waals surface area contributed by atoms with E-state index in [0.717, 1.165) is 43.1 Å². The number of fused-ring (bicyclic) bond motifs is 2. The molecule has 2 unspecified atom stereocenters. The first-order valence-electron chi connectivity index (χ1n) is 8.14. The summed E-state index contributed by atoms with van der Waals surface area (Å²) < 4.78 is 0. The summed E-state index contributed by atoms with van der Waals surface area (Å²) in [5, 5.41) is 14.2. The second-order valence-corrected chi connectivity index (χ2v) is 6.79. The molecule has 2 aliphatic rings. The summed E-state index contributed by atoms with van der Waals surface area (Å²) in [7, 11) is 0. The lowest BCUT2D eigenvalue weighted by Gasteiger charge is -2.39. The van der Waals surface area contributed by atoms with Gasteiger partial charge in [-0.2, -0.15) is 0 Å². The van der Waals surface area contributed by atoms with Crippen LogP contribution in [0.25, 0.3) is 0 Å². The molecule has 1 aromatic rings. The van der Waals surface area contributed by atoms with Gasteiger partial charge < -0.3 is 15.3 Å². The topological polar surface area (TPSA) is 35.5 Å². The van der Waals surface area contributed by atoms with Crippen LogP contribution in [0.15, 0.2) is 18.2 Å². The third-order valence-electron chi connectivity index (χ3n) is 4.75. The van der Waals surface area contributed by atoms with Crippen LogP contribution in [0.2, 0.25) is 5.02 Å². The van der Waals surface area contributed by atoms with Crippen LogP contribution in [0.5, 0.6) is 0 Å². The van der Waals surface area contributed by atoms with Crippen molar-refractivity contribution in [3.8, 4) is 0 Å². The predicted octanol–water partition coefficient (Wildman–Crippen LogP) is 3.33. The Morgan fingerprint density at radius 2 is 2.00 bits per heavy atom. The number of piperidine rings is 1. The van der Waals surface area contributed by atoms with E-state index in [1.807, 2.05) is 0 Å². The monoisotopic (exact) mass is 308 g/mol. The molecule has 1 aromatic carbocycles. The molecular formula is C17H25ClN2O. The lowest BCUT2D eigenvalue weighted by atomic mass is 9.99. The molecule has 0 saturated carbocycles. The summed E-state index contributed by atoms with van der Waals surface area (Å²) >= 11 is 6.54. The predicted molar refractivity (Wildman–Crippen MR) is 88.0 cm³/mol. The van der Waals surface area contributed by atoms with E-state index in [0.29, 0.717) is 12.1 Å². The maximum absolute atomic E-state index is 9.92. The van der Waals surface area contributed by atoms with Crippen LogP contribution in [0.3, 0.4) is 0 Å². The zero-order chi connectivity index (χ0) is 14.8. The van der Waals surface area contributed by atoms with Gasteiger partial charge in [0.2, 0.25) is 0 Å². The van der Waals surface area contributed by atoms with Crippen molar-refractivity contribution in [1.82, 2.24) is 5.32 Å². The molecule has 2 fully saturated rings. The van der Waals surface area contributed by atoms with Crippen LogP contribution < -0.4 is 10.2 Å². The maximum Gasteiger partial charge on any atom is 0.0642 e. The number of aliphatic hydroxyl groups is 1. The fourth-order valence-electron chi connectivity index (χ4n) is 3.82. The fourth-order valence-corrected chi connectivity index (χ4v) is 4.12. The average molecular weight is 309 g/mol. The minimum atomic E-state index is -0.130. The number of aliphatic hydroxyl groups excluding tert-OH is 1. The minimum absolute atomic E-state index is 0.130. The van der Waals surface area contributed by atoms with Gasteiger partial charge in [-0.1, -0.05) is 24.6 Å². The number of anilines is 1. The minimum Gasteiger partial charge on any atom is -0.393 e. The van der Waals surface area contributed by atoms with Gasteiger partial charge in [0, 0.05) is 18.6 Å². The summed E-state index contributed by atoms with van der Waals surface area (Å²) in [6.45, 7) is 4.08. The standard InChI is InChI=1S/C17H25ClN2O/c1-2-7-19-11-12-3-6-17(16(18)8-12)20-13-4-5-14(20)10-15(21)9-13/h3,6,8,13-15,19,21H,2,4-5,7,9-11H2,1H3. The zero-order valence-electron chi connectivity index (χ0n) is 12.7. The van der Waals surface area contributed by atoms with Crippen LogP contribution in [-0.2, 0) is 6.54 Å². The quantitative estimate of drug-likeness (QED) is 0.819. The number of nitrogens with one attached hydrogen (secondary N) is 1. The van der Waals surface area contributed by atoms with Crippen molar-refractivity contribution >= 4 is 17.3 Å². The number of benzene rings is 1. The Bertz CT molecular complexity index is 480. The van der Waals surface area contributed by atoms with Crippen molar-refractivity contribution in [1.29, 1.82) is 0 Å². The Hall–Kier alpha value is -0.770. The highest BCUT2D eigenvalue weighted by Gasteiger charge is 2.40. The van der Waals surface area contributed by atoms with E-state index in [-0.39, 0.29) is 6.10 Å². The highest BCUT2D eigenvalue weighted by Crippen LogP contribution is 2.42. The molecule has 0 aliphatic carbocycles. The van der Waals surface area contributed by atoms with Crippen LogP contribution in [-0.4, -0.2) is 29.8 Å². The average Bonchev–Trinajstić information content (AvgIpc) is 2.71. The van der Waals surface area contributed by atoms with E-state index in [1.165, 1.54) is 18.4 Å². The van der Waals surface area contributed by atoms with Crippen molar-refractivity contribution in [2.75, 3.05) is 11.4 Å². The van der Waals surface area contributed by atoms with Gasteiger partial charge in [0.1, 0.15) is 0 Å². The molecule has 2 bridgehead atoms. The number of rotatable bonds is 5. The van der Waals surface area contributed by atoms with Crippen LogP contribution in [0.1, 0.15) is 44.6 Å². The first-order valence-corrected chi connectivity index (χ1v) is 8.52. The largest absolute Gasteiger partial charge is 0.393 e. The van der Waals surface area contributed by atoms with Gasteiger partial charge in [-0.3, -0.25) is 0 Å². The third-order valence-corrected chi connectivity index (χ3v) is 5.06. The third kappa shape index (κ3) is 3.20. The van der Waals surface area contributed by atoms with E-state index in [2.05, 4.69) is 35.3 Å². The summed E-state index contributed by atoms with van der Waals surface area (Å²) in [6.07, 6.45) is 5.13. The normalized spacial score (nSPS) is 28.1. The molecule has 2 atom stereocenters.